The summed E-state index contributed by atoms with van der Waals surface area (Å²) in [5.41, 5.74) is 19.8. The van der Waals surface area contributed by atoms with E-state index in [4.69, 9.17) is 87.8 Å². The first kappa shape index (κ1) is 104. The number of aryl methyl sites for hydroxylation is 1. The molecule has 2 bridgehead atoms. The van der Waals surface area contributed by atoms with Crippen molar-refractivity contribution in [3.63, 3.8) is 0 Å². The third-order valence-corrected chi connectivity index (χ3v) is 25.4. The Hall–Kier alpha value is -9.71. The zero-order valence-corrected chi connectivity index (χ0v) is 78.8. The van der Waals surface area contributed by atoms with E-state index >= 15 is 0 Å². The number of amides is 2. The molecule has 0 radical (unpaired) electrons. The average Bonchev–Trinajstić information content (AvgIpc) is 1.74. The molecule has 11 rings (SSSR count). The Kier molecular flexibility index (Phi) is 41.3. The number of aliphatic hydroxyl groups excluding tert-OH is 1. The second-order valence-electron chi connectivity index (χ2n) is 35.2. The Labute approximate surface area is 777 Å². The van der Waals surface area contributed by atoms with Gasteiger partial charge in [-0.15, -0.1) is 9.78 Å². The number of esters is 1. The van der Waals surface area contributed by atoms with Crippen LogP contribution in [0, 0.1) is 35.5 Å². The molecule has 4 aliphatic heterocycles. The van der Waals surface area contributed by atoms with Crippen LogP contribution >= 0.6 is 0 Å². The molecule has 7 N–H and O–H groups in total. The molecule has 8 heterocycles. The van der Waals surface area contributed by atoms with E-state index in [1.54, 1.807) is 56.5 Å². The van der Waals surface area contributed by atoms with Gasteiger partial charge in [0, 0.05) is 99.8 Å². The summed E-state index contributed by atoms with van der Waals surface area (Å²) >= 11 is 0. The number of aliphatic hydroxyl groups is 2. The van der Waals surface area contributed by atoms with Gasteiger partial charge in [0.05, 0.1) is 136 Å². The summed E-state index contributed by atoms with van der Waals surface area (Å²) in [5.74, 6) is -8.20. The van der Waals surface area contributed by atoms with Crippen molar-refractivity contribution in [2.75, 3.05) is 158 Å². The quantitative estimate of drug-likeness (QED) is 0.00782. The van der Waals surface area contributed by atoms with E-state index in [-0.39, 0.29) is 79.9 Å². The highest BCUT2D eigenvalue weighted by molar-refractivity contribution is 6.39. The molecule has 37 nitrogen and oxygen atoms in total. The van der Waals surface area contributed by atoms with Crippen LogP contribution in [0.3, 0.4) is 0 Å². The van der Waals surface area contributed by atoms with Gasteiger partial charge >= 0.3 is 5.97 Å². The number of anilines is 2. The standard InChI is InChI=1S/C96H137N15O22/c1-62-19-12-11-13-20-63(2)81(120-8)57-73-27-24-68(7)96(119,133-73)90(116)93(117)109-32-16-14-23-77(109)94(118)131-82(58-79(112)64(3)52-67(6)88(115)89(122-10)87(114)66(5)51-62)65(4)53-69-25-28-76(83(54-69)121-9)111-78(59-102-106-111)71-22-18-21-70(55-71)75-60-108(107-104-75)34-36-124-38-40-126-42-44-128-46-48-130-50-49-129-47-45-127-43-41-125-39-37-123-35-30-84(113)99-31-15-17-33-110-92-85(91(97)100-61-101-92)86(105-110)72-26-29-80-74(56-72)103-95(98)132-80/h11-13,18-22,26,29,52,55-56,60-62,64-66,68-69,73,76-77,81-83,88-89,115,119H,14-17,23-25,27-28,30-51,53-54,57-59H2,1-10H3,(H4-,97,98,99,100,101,103,105,113)/p+1/b13-11+,19-12+,63-20+,67-52+/t62-,64-,65-,66-,68-,69+,73+,76+,77+,81?,82+,83-,88-,89+,96-/m1/s1. The molecule has 5 aliphatic rings. The Bertz CT molecular complexity index is 4950. The van der Waals surface area contributed by atoms with Gasteiger partial charge in [0.15, 0.2) is 22.7 Å². The number of piperidine rings is 1. The number of benzene rings is 2. The minimum atomic E-state index is -2.48. The molecule has 0 spiro atoms. The van der Waals surface area contributed by atoms with Crippen LogP contribution in [0.1, 0.15) is 150 Å². The van der Waals surface area contributed by atoms with E-state index in [1.807, 2.05) is 99.3 Å². The maximum absolute atomic E-state index is 14.9. The number of hydrogen-bond acceptors (Lipinski definition) is 32. The van der Waals surface area contributed by atoms with E-state index in [9.17, 15) is 39.0 Å². The molecular formula is C96H138N15O22+. The number of nitrogens with two attached hydrogens (primary N) is 2. The van der Waals surface area contributed by atoms with Crippen LogP contribution in [-0.4, -0.2) is 302 Å². The first-order valence-corrected chi connectivity index (χ1v) is 46.9. The molecule has 2 saturated heterocycles. The number of allylic oxidation sites excluding steroid dienone is 6. The zero-order valence-electron chi connectivity index (χ0n) is 78.8. The Morgan fingerprint density at radius 1 is 0.729 bits per heavy atom. The van der Waals surface area contributed by atoms with Crippen LogP contribution in [0.2, 0.25) is 0 Å². The molecular weight excluding hydrogens is 1720 g/mol. The van der Waals surface area contributed by atoms with Gasteiger partial charge in [-0.3, -0.25) is 24.0 Å². The van der Waals surface area contributed by atoms with Crippen LogP contribution in [0.5, 0.6) is 0 Å². The summed E-state index contributed by atoms with van der Waals surface area (Å²) in [6, 6.07) is 12.2. The zero-order chi connectivity index (χ0) is 94.8. The molecule has 1 aliphatic carbocycles. The normalized spacial score (nSPS) is 26.4. The number of carbonyl (C=O) groups is 6. The molecule has 1 unspecified atom stereocenters. The number of Topliss-reactive ketones (excluding diaryl/α,β-unsaturated/α-hetero) is 3. The number of ketones is 3. The lowest BCUT2D eigenvalue weighted by Crippen LogP contribution is -2.61. The van der Waals surface area contributed by atoms with Crippen LogP contribution in [-0.2, 0) is 103 Å². The number of nitrogens with zero attached hydrogens (tertiary/aromatic N) is 12. The smallest absolute Gasteiger partial charge is 0.329 e. The molecule has 728 valence electrons. The Morgan fingerprint density at radius 3 is 2.11 bits per heavy atom. The van der Waals surface area contributed by atoms with Crippen molar-refractivity contribution >= 4 is 74.8 Å². The van der Waals surface area contributed by atoms with E-state index in [0.29, 0.717) is 228 Å². The largest absolute Gasteiger partial charge is 0.460 e. The number of fused-ring (bicyclic) bond motifs is 5. The number of nitrogens with one attached hydrogen (secondary N) is 1. The van der Waals surface area contributed by atoms with Crippen molar-refractivity contribution in [1.82, 2.24) is 49.9 Å². The predicted molar refractivity (Wildman–Crippen MR) is 493 cm³/mol. The second-order valence-corrected chi connectivity index (χ2v) is 35.2. The summed E-state index contributed by atoms with van der Waals surface area (Å²) < 4.78 is 86.8. The highest BCUT2D eigenvalue weighted by atomic mass is 16.6. The third-order valence-electron chi connectivity index (χ3n) is 25.4. The van der Waals surface area contributed by atoms with Gasteiger partial charge < -0.3 is 97.9 Å². The summed E-state index contributed by atoms with van der Waals surface area (Å²) in [5, 5.41) is 50.5. The fraction of sp³-hybridized carbons (Fsp3) is 0.635. The van der Waals surface area contributed by atoms with Crippen molar-refractivity contribution in [1.29, 1.82) is 0 Å². The maximum atomic E-state index is 14.9. The SMILES string of the molecule is COC1C[C@@H]2CC[C@@H](C)[C@@](O)(O2)C(=O)C(=O)N2CCCC[C@H]2C(=O)O[C@H]([C@H](C)C[C@@H]2CC[C@H]([N+]3=C(c4cccc(-c5cn(CCOCCOCCOCCOCCOCCOCCOCCOCCC(=O)NCCCCn6nc(-c7ccc8oc(N)nc8c7)c7c(N)ncnc76)nn5)c4)CN=N3)[C@H](OC)C2)CC(=O)[C@H](C)/C=C(\C)[C@@H](O)[C@@H](OC)C(=O)[C@H](C)C[C@H](C)/C=C/C=C/C=C/1C. The van der Waals surface area contributed by atoms with Gasteiger partial charge in [-0.2, -0.15) is 10.1 Å². The maximum Gasteiger partial charge on any atom is 0.329 e. The van der Waals surface area contributed by atoms with Crippen LogP contribution in [0.25, 0.3) is 44.6 Å². The molecule has 15 atom stereocenters. The molecule has 1 saturated carbocycles. The summed E-state index contributed by atoms with van der Waals surface area (Å²) in [7, 11) is 4.65. The number of cyclic esters (lactones) is 1. The molecule has 37 heteroatoms. The highest BCUT2D eigenvalue weighted by Crippen LogP contribution is 2.40. The lowest BCUT2D eigenvalue weighted by molar-refractivity contribution is -0.587. The topological polar surface area (TPSA) is 458 Å². The number of aromatic nitrogens is 8. The number of ether oxygens (including phenoxy) is 13. The van der Waals surface area contributed by atoms with Crippen molar-refractivity contribution in [3.05, 3.63) is 108 Å². The van der Waals surface area contributed by atoms with E-state index < -0.39 is 83.7 Å². The van der Waals surface area contributed by atoms with Gasteiger partial charge in [0.25, 0.3) is 17.7 Å². The van der Waals surface area contributed by atoms with Gasteiger partial charge in [-0.25, -0.2) is 24.1 Å². The van der Waals surface area contributed by atoms with Gasteiger partial charge in [-0.1, -0.05) is 94.5 Å². The van der Waals surface area contributed by atoms with Gasteiger partial charge in [0.2, 0.25) is 18.2 Å². The number of carbonyl (C=O) groups excluding carboxylic acids is 6. The summed E-state index contributed by atoms with van der Waals surface area (Å²) in [6.45, 7) is 21.1. The first-order chi connectivity index (χ1) is 64.4. The number of oxazole rings is 1. The lowest BCUT2D eigenvalue weighted by atomic mass is 9.77. The minimum absolute atomic E-state index is 0.0152. The van der Waals surface area contributed by atoms with Crippen molar-refractivity contribution in [2.24, 2.45) is 45.8 Å². The molecule has 3 fully saturated rings. The number of nitrogen functional groups attached to an aromatic ring is 2. The molecule has 4 aromatic heterocycles. The third kappa shape index (κ3) is 29.9. The fourth-order valence-corrected chi connectivity index (χ4v) is 17.7. The Morgan fingerprint density at radius 2 is 1.42 bits per heavy atom. The number of rotatable bonds is 42. The van der Waals surface area contributed by atoms with E-state index in [0.717, 1.165) is 47.2 Å². The number of hydrogen-bond donors (Lipinski definition) is 5. The van der Waals surface area contributed by atoms with Crippen molar-refractivity contribution < 1.29 is 110 Å². The molecule has 2 amide bonds. The molecule has 133 heavy (non-hydrogen) atoms. The lowest BCUT2D eigenvalue weighted by Gasteiger charge is -2.42. The van der Waals surface area contributed by atoms with Crippen molar-refractivity contribution in [2.45, 2.75) is 212 Å². The highest BCUT2D eigenvalue weighted by Gasteiger charge is 2.53. The first-order valence-electron chi connectivity index (χ1n) is 46.9. The minimum Gasteiger partial charge on any atom is -0.460 e. The summed E-state index contributed by atoms with van der Waals surface area (Å²) in [4.78, 5) is 99.4. The average molecular weight is 1850 g/mol. The van der Waals surface area contributed by atoms with E-state index in [1.165, 1.54) is 18.3 Å². The van der Waals surface area contributed by atoms with Crippen molar-refractivity contribution in [3.8, 4) is 22.5 Å². The monoisotopic (exact) mass is 1850 g/mol. The fourth-order valence-electron chi connectivity index (χ4n) is 17.7. The Balaban J connectivity index is 0.552. The van der Waals surface area contributed by atoms with Crippen LogP contribution in [0.4, 0.5) is 11.8 Å². The van der Waals surface area contributed by atoms with Gasteiger partial charge in [-0.05, 0) is 144 Å². The second kappa shape index (κ2) is 53.0. The van der Waals surface area contributed by atoms with Crippen LogP contribution in [0.15, 0.2) is 117 Å². The predicted octanol–water partition coefficient (Wildman–Crippen LogP) is 9.56. The molecule has 2 aromatic carbocycles. The van der Waals surface area contributed by atoms with Crippen LogP contribution < -0.4 is 16.8 Å². The molecule has 6 aromatic rings. The van der Waals surface area contributed by atoms with E-state index in [2.05, 4.69) is 41.8 Å². The van der Waals surface area contributed by atoms with Gasteiger partial charge in [0.1, 0.15) is 76.6 Å². The summed E-state index contributed by atoms with van der Waals surface area (Å²) in [6.07, 6.45) is 16.5. The number of unbranched alkanes of at least 4 members (excludes halogenated alkanes) is 1. The number of methoxy groups -OCH3 is 3.